The second kappa shape index (κ2) is 13.6. The van der Waals surface area contributed by atoms with Gasteiger partial charge in [-0.1, -0.05) is 57.5 Å². The molecule has 2 saturated heterocycles. The van der Waals surface area contributed by atoms with E-state index in [2.05, 4.69) is 15.2 Å². The largest absolute Gasteiger partial charge is 0.481 e. The summed E-state index contributed by atoms with van der Waals surface area (Å²) in [7, 11) is 0. The van der Waals surface area contributed by atoms with Gasteiger partial charge in [-0.15, -0.1) is 0 Å². The fourth-order valence-electron chi connectivity index (χ4n) is 6.20. The monoisotopic (exact) mass is 606 g/mol. The van der Waals surface area contributed by atoms with Gasteiger partial charge in [-0.05, 0) is 30.1 Å². The van der Waals surface area contributed by atoms with Crippen LogP contribution in [0.5, 0.6) is 0 Å². The van der Waals surface area contributed by atoms with E-state index in [1.807, 2.05) is 51.1 Å². The number of unbranched alkanes of at least 4 members (excludes halogenated alkanes) is 1. The quantitative estimate of drug-likeness (QED) is 0.369. The number of benzene rings is 1. The topological polar surface area (TPSA) is 145 Å². The van der Waals surface area contributed by atoms with Gasteiger partial charge in [0.2, 0.25) is 5.91 Å². The molecule has 1 aromatic heterocycles. The third kappa shape index (κ3) is 7.11. The molecule has 12 heteroatoms. The van der Waals surface area contributed by atoms with Crippen LogP contribution in [-0.4, -0.2) is 101 Å². The van der Waals surface area contributed by atoms with Gasteiger partial charge >= 0.3 is 12.1 Å². The zero-order chi connectivity index (χ0) is 31.4. The Kier molecular flexibility index (Phi) is 9.65. The number of ether oxygens (including phenoxy) is 1. The first-order valence-corrected chi connectivity index (χ1v) is 15.6. The molecule has 2 aromatic rings. The van der Waals surface area contributed by atoms with Crippen molar-refractivity contribution in [2.75, 3.05) is 50.8 Å². The number of piperazine rings is 1. The number of aliphatic carboxylic acids is 1. The Morgan fingerprint density at radius 2 is 1.66 bits per heavy atom. The summed E-state index contributed by atoms with van der Waals surface area (Å²) in [6.45, 7) is 9.01. The molecule has 0 bridgehead atoms. The zero-order valence-corrected chi connectivity index (χ0v) is 25.6. The van der Waals surface area contributed by atoms with Crippen molar-refractivity contribution in [2.45, 2.75) is 46.1 Å². The molecule has 3 heterocycles. The van der Waals surface area contributed by atoms with Gasteiger partial charge in [-0.25, -0.2) is 14.8 Å². The van der Waals surface area contributed by atoms with Crippen molar-refractivity contribution in [1.29, 1.82) is 0 Å². The maximum atomic E-state index is 13.7. The Morgan fingerprint density at radius 1 is 1.00 bits per heavy atom. The van der Waals surface area contributed by atoms with E-state index in [0.29, 0.717) is 69.4 Å². The molecular weight excluding hydrogens is 564 g/mol. The Hall–Kier alpha value is -4.22. The number of rotatable bonds is 11. The first-order chi connectivity index (χ1) is 21.2. The van der Waals surface area contributed by atoms with Gasteiger partial charge in [0, 0.05) is 57.3 Å². The number of anilines is 1. The zero-order valence-electron chi connectivity index (χ0n) is 25.6. The van der Waals surface area contributed by atoms with Gasteiger partial charge in [0.25, 0.3) is 5.91 Å². The van der Waals surface area contributed by atoms with Crippen LogP contribution < -0.4 is 10.2 Å². The molecule has 2 N–H and O–H groups in total. The number of nitrogens with zero attached hydrogens (tertiary/aromatic N) is 5. The summed E-state index contributed by atoms with van der Waals surface area (Å²) in [5, 5.41) is 12.1. The number of amides is 3. The van der Waals surface area contributed by atoms with E-state index in [1.165, 1.54) is 0 Å². The van der Waals surface area contributed by atoms with Crippen molar-refractivity contribution in [3.63, 3.8) is 0 Å². The van der Waals surface area contributed by atoms with Crippen LogP contribution in [0.4, 0.5) is 10.6 Å². The summed E-state index contributed by atoms with van der Waals surface area (Å²) in [4.78, 5) is 65.6. The van der Waals surface area contributed by atoms with E-state index in [0.717, 1.165) is 18.4 Å². The number of carbonyl (C=O) groups is 4. The van der Waals surface area contributed by atoms with Gasteiger partial charge < -0.3 is 29.9 Å². The summed E-state index contributed by atoms with van der Waals surface area (Å²) < 4.78 is 5.31. The Morgan fingerprint density at radius 3 is 2.27 bits per heavy atom. The molecule has 3 fully saturated rings. The van der Waals surface area contributed by atoms with Crippen molar-refractivity contribution in [2.24, 2.45) is 23.7 Å². The maximum absolute atomic E-state index is 13.7. The lowest BCUT2D eigenvalue weighted by Crippen LogP contribution is -2.57. The molecule has 1 aromatic carbocycles. The van der Waals surface area contributed by atoms with Crippen LogP contribution in [0, 0.1) is 23.7 Å². The predicted octanol–water partition coefficient (Wildman–Crippen LogP) is 3.14. The van der Waals surface area contributed by atoms with Crippen molar-refractivity contribution in [3.05, 3.63) is 42.1 Å². The predicted molar refractivity (Wildman–Crippen MR) is 163 cm³/mol. The maximum Gasteiger partial charge on any atom is 0.409 e. The molecule has 3 aliphatic rings. The summed E-state index contributed by atoms with van der Waals surface area (Å²) in [5.41, 5.74) is 0.925. The molecule has 1 saturated carbocycles. The minimum absolute atomic E-state index is 0.162. The first-order valence-electron chi connectivity index (χ1n) is 15.6. The lowest BCUT2D eigenvalue weighted by atomic mass is 10.0. The average Bonchev–Trinajstić information content (AvgIpc) is 3.43. The standard InChI is InChI=1S/C32H42N6O6/c1-4-5-15-44-32(43)37-13-11-36(12-14-37)31(42)28(20(2)3)35-30(41)25-17-26(34-29(33-25)21-9-7-6-8-10-21)38-18-23-22(16-27(39)40)24(23)19-38/h6-10,17,20,22-24,28H,4-5,11-16,18-19H2,1-3H3,(H,35,41)(H,39,40)/t22-,23+,24-,28-/m0/s1. The molecule has 0 unspecified atom stereocenters. The first kappa shape index (κ1) is 31.2. The smallest absolute Gasteiger partial charge is 0.409 e. The van der Waals surface area contributed by atoms with Crippen LogP contribution in [0.3, 0.4) is 0 Å². The van der Waals surface area contributed by atoms with Gasteiger partial charge in [0.05, 0.1) is 6.61 Å². The SMILES string of the molecule is CCCCOC(=O)N1CCN(C(=O)[C@@H](NC(=O)c2cc(N3C[C@@H]4[C@H](CC(=O)O)[C@@H]4C3)nc(-c3ccccc3)n2)C(C)C)CC1. The van der Waals surface area contributed by atoms with E-state index < -0.39 is 17.9 Å². The number of nitrogens with one attached hydrogen (secondary N) is 1. The number of hydrogen-bond donors (Lipinski definition) is 2. The second-order valence-corrected chi connectivity index (χ2v) is 12.3. The summed E-state index contributed by atoms with van der Waals surface area (Å²) in [5.74, 6) is 0.191. The van der Waals surface area contributed by atoms with Gasteiger partial charge in [-0.3, -0.25) is 14.4 Å². The van der Waals surface area contributed by atoms with Crippen LogP contribution in [0.1, 0.15) is 50.5 Å². The third-order valence-corrected chi connectivity index (χ3v) is 8.88. The molecular formula is C32H42N6O6. The molecule has 0 radical (unpaired) electrons. The molecule has 0 spiro atoms. The number of carbonyl (C=O) groups excluding carboxylic acids is 3. The fourth-order valence-corrected chi connectivity index (χ4v) is 6.20. The van der Waals surface area contributed by atoms with E-state index in [9.17, 15) is 24.3 Å². The minimum Gasteiger partial charge on any atom is -0.481 e. The van der Waals surface area contributed by atoms with Crippen LogP contribution in [0.15, 0.2) is 36.4 Å². The second-order valence-electron chi connectivity index (χ2n) is 12.3. The van der Waals surface area contributed by atoms with E-state index in [4.69, 9.17) is 9.72 Å². The lowest BCUT2D eigenvalue weighted by molar-refractivity contribution is -0.137. The normalized spacial score (nSPS) is 21.5. The number of fused-ring (bicyclic) bond motifs is 1. The lowest BCUT2D eigenvalue weighted by Gasteiger charge is -2.36. The van der Waals surface area contributed by atoms with Crippen molar-refractivity contribution in [3.8, 4) is 11.4 Å². The molecule has 2 aliphatic heterocycles. The van der Waals surface area contributed by atoms with E-state index >= 15 is 0 Å². The minimum atomic E-state index is -0.777. The number of carboxylic acid groups (broad SMARTS) is 1. The van der Waals surface area contributed by atoms with Crippen molar-refractivity contribution >= 4 is 29.7 Å². The van der Waals surface area contributed by atoms with E-state index in [1.54, 1.807) is 15.9 Å². The van der Waals surface area contributed by atoms with Crippen LogP contribution in [0.2, 0.25) is 0 Å². The molecule has 3 amide bonds. The van der Waals surface area contributed by atoms with Crippen LogP contribution in [0.25, 0.3) is 11.4 Å². The van der Waals surface area contributed by atoms with Gasteiger partial charge in [0.15, 0.2) is 5.82 Å². The molecule has 5 rings (SSSR count). The Labute approximate surface area is 257 Å². The molecule has 4 atom stereocenters. The summed E-state index contributed by atoms with van der Waals surface area (Å²) in [6, 6.07) is 10.3. The van der Waals surface area contributed by atoms with E-state index in [-0.39, 0.29) is 36.0 Å². The summed E-state index contributed by atoms with van der Waals surface area (Å²) >= 11 is 0. The van der Waals surface area contributed by atoms with Crippen molar-refractivity contribution in [1.82, 2.24) is 25.1 Å². The molecule has 1 aliphatic carbocycles. The number of hydrogen-bond acceptors (Lipinski definition) is 8. The summed E-state index contributed by atoms with van der Waals surface area (Å²) in [6.07, 6.45) is 1.57. The highest BCUT2D eigenvalue weighted by atomic mass is 16.6. The number of aromatic nitrogens is 2. The van der Waals surface area contributed by atoms with Crippen molar-refractivity contribution < 1.29 is 29.0 Å². The highest BCUT2D eigenvalue weighted by molar-refractivity contribution is 5.97. The van der Waals surface area contributed by atoms with Gasteiger partial charge in [-0.2, -0.15) is 0 Å². The number of carboxylic acids is 1. The Bertz CT molecular complexity index is 1350. The highest BCUT2D eigenvalue weighted by Crippen LogP contribution is 2.54. The Balaban J connectivity index is 1.28. The molecule has 12 nitrogen and oxygen atoms in total. The van der Waals surface area contributed by atoms with Gasteiger partial charge in [0.1, 0.15) is 17.6 Å². The fraction of sp³-hybridized carbons (Fsp3) is 0.562. The van der Waals surface area contributed by atoms with Crippen LogP contribution in [-0.2, 0) is 14.3 Å². The molecule has 236 valence electrons. The number of piperidine rings is 1. The highest BCUT2D eigenvalue weighted by Gasteiger charge is 2.56. The third-order valence-electron chi connectivity index (χ3n) is 8.88. The average molecular weight is 607 g/mol. The molecule has 44 heavy (non-hydrogen) atoms. The van der Waals surface area contributed by atoms with Crippen LogP contribution >= 0.6 is 0 Å².